The topological polar surface area (TPSA) is 83.7 Å². The van der Waals surface area contributed by atoms with Crippen LogP contribution in [0.25, 0.3) is 22.0 Å². The van der Waals surface area contributed by atoms with Crippen molar-refractivity contribution < 1.29 is 19.7 Å². The summed E-state index contributed by atoms with van der Waals surface area (Å²) in [4.78, 5) is 11.2. The van der Waals surface area contributed by atoms with E-state index >= 15 is 0 Å². The van der Waals surface area contributed by atoms with Gasteiger partial charge >= 0.3 is 0 Å². The van der Waals surface area contributed by atoms with Crippen molar-refractivity contribution in [2.24, 2.45) is 0 Å². The number of nitrogens with zero attached hydrogens (tertiary/aromatic N) is 1. The van der Waals surface area contributed by atoms with Gasteiger partial charge in [0.15, 0.2) is 0 Å². The molecule has 0 saturated carbocycles. The van der Waals surface area contributed by atoms with Gasteiger partial charge < -0.3 is 20.3 Å². The highest BCUT2D eigenvalue weighted by Crippen LogP contribution is 2.49. The van der Waals surface area contributed by atoms with Crippen LogP contribution in [0.3, 0.4) is 0 Å². The van der Waals surface area contributed by atoms with Gasteiger partial charge in [-0.05, 0) is 56.3 Å². The normalized spacial score (nSPS) is 14.4. The Morgan fingerprint density at radius 1 is 1.04 bits per heavy atom. The monoisotopic (exact) mass is 338 g/mol. The van der Waals surface area contributed by atoms with Crippen molar-refractivity contribution >= 4 is 17.3 Å². The van der Waals surface area contributed by atoms with Crippen LogP contribution in [-0.4, -0.2) is 34.3 Å². The fourth-order valence-corrected chi connectivity index (χ4v) is 3.28. The summed E-state index contributed by atoms with van der Waals surface area (Å²) in [6, 6.07) is 7.94. The number of aromatic hydroxyl groups is 2. The molecule has 6 nitrogen and oxygen atoms in total. The minimum atomic E-state index is 0.00861. The summed E-state index contributed by atoms with van der Waals surface area (Å²) < 4.78 is 7.08. The van der Waals surface area contributed by atoms with Gasteiger partial charge in [-0.1, -0.05) is 0 Å². The first kappa shape index (κ1) is 15.5. The Bertz CT molecular complexity index is 950. The largest absolute Gasteiger partial charge is 0.508 e. The molecule has 0 bridgehead atoms. The number of benzene rings is 2. The Morgan fingerprint density at radius 2 is 1.80 bits per heavy atom. The van der Waals surface area contributed by atoms with Crippen LogP contribution in [-0.2, 0) is 4.79 Å². The molecule has 0 aliphatic carbocycles. The predicted octanol–water partition coefficient (Wildman–Crippen LogP) is 3.23. The summed E-state index contributed by atoms with van der Waals surface area (Å²) in [5.41, 5.74) is 1.84. The number of aromatic nitrogens is 1. The Morgan fingerprint density at radius 3 is 2.48 bits per heavy atom. The van der Waals surface area contributed by atoms with Crippen molar-refractivity contribution in [1.82, 2.24) is 9.88 Å². The Balaban J connectivity index is 0.000000272. The third-order valence-electron chi connectivity index (χ3n) is 4.46. The third kappa shape index (κ3) is 2.60. The summed E-state index contributed by atoms with van der Waals surface area (Å²) in [5.74, 6) is 1.30. The van der Waals surface area contributed by atoms with Crippen LogP contribution in [0.1, 0.15) is 12.8 Å². The molecule has 0 atom stereocenters. The number of hydrogen-bond donors (Lipinski definition) is 3. The lowest BCUT2D eigenvalue weighted by molar-refractivity contribution is 0.463. The molecule has 128 valence electrons. The molecule has 5 rings (SSSR count). The first-order valence-electron chi connectivity index (χ1n) is 8.23. The van der Waals surface area contributed by atoms with Gasteiger partial charge in [-0.15, -0.1) is 0 Å². The molecule has 1 saturated heterocycles. The number of phenols is 2. The van der Waals surface area contributed by atoms with Crippen LogP contribution in [0, 0.1) is 0 Å². The number of phenolic OH excluding ortho intramolecular Hbond substituents is 2. The number of fused-ring (bicyclic) bond motifs is 2. The molecule has 1 aromatic heterocycles. The number of carbonyl (C=O) groups excluding carboxylic acids is 1. The minimum Gasteiger partial charge on any atom is -0.508 e. The number of hydrogen-bond acceptors (Lipinski definition) is 5. The highest BCUT2D eigenvalue weighted by Gasteiger charge is 2.25. The van der Waals surface area contributed by atoms with E-state index in [4.69, 9.17) is 4.74 Å². The van der Waals surface area contributed by atoms with E-state index in [0.29, 0.717) is 34.4 Å². The average molecular weight is 338 g/mol. The van der Waals surface area contributed by atoms with Gasteiger partial charge in [0.25, 0.3) is 0 Å². The van der Waals surface area contributed by atoms with Crippen molar-refractivity contribution in [1.29, 1.82) is 0 Å². The maximum Gasteiger partial charge on any atom is 0.218 e. The highest BCUT2D eigenvalue weighted by molar-refractivity contribution is 6.07. The van der Waals surface area contributed by atoms with Crippen molar-refractivity contribution in [3.63, 3.8) is 0 Å². The van der Waals surface area contributed by atoms with Crippen molar-refractivity contribution in [2.45, 2.75) is 12.8 Å². The summed E-state index contributed by atoms with van der Waals surface area (Å²) in [7, 11) is 0. The summed E-state index contributed by atoms with van der Waals surface area (Å²) >= 11 is 0. The number of ether oxygens (including phenoxy) is 1. The van der Waals surface area contributed by atoms with E-state index in [-0.39, 0.29) is 11.5 Å². The third-order valence-corrected chi connectivity index (χ3v) is 4.46. The molecule has 3 heterocycles. The maximum absolute atomic E-state index is 11.2. The second kappa shape index (κ2) is 6.14. The lowest BCUT2D eigenvalue weighted by Crippen LogP contribution is -2.03. The minimum absolute atomic E-state index is 0.00861. The molecule has 3 N–H and O–H groups in total. The Kier molecular flexibility index (Phi) is 3.82. The van der Waals surface area contributed by atoms with Gasteiger partial charge in [-0.3, -0.25) is 9.36 Å². The van der Waals surface area contributed by atoms with Crippen LogP contribution in [0.5, 0.6) is 23.0 Å². The average Bonchev–Trinajstić information content (AvgIpc) is 3.30. The number of rotatable bonds is 1. The SMILES string of the molecule is C1CCNC1.O=Cn1cc2c3c(ccc(O)c31)Oc1ccc(O)cc1-2. The fourth-order valence-electron chi connectivity index (χ4n) is 3.28. The smallest absolute Gasteiger partial charge is 0.218 e. The van der Waals surface area contributed by atoms with Crippen LogP contribution < -0.4 is 10.1 Å². The Hall–Kier alpha value is -2.99. The van der Waals surface area contributed by atoms with Crippen molar-refractivity contribution in [3.05, 3.63) is 36.5 Å². The Labute approximate surface area is 144 Å². The van der Waals surface area contributed by atoms with E-state index in [1.807, 2.05) is 0 Å². The van der Waals surface area contributed by atoms with E-state index in [1.165, 1.54) is 42.6 Å². The van der Waals surface area contributed by atoms with Gasteiger partial charge in [-0.2, -0.15) is 0 Å². The zero-order chi connectivity index (χ0) is 17.4. The first-order chi connectivity index (χ1) is 12.2. The molecule has 2 aliphatic rings. The summed E-state index contributed by atoms with van der Waals surface area (Å²) in [6.07, 6.45) is 5.03. The highest BCUT2D eigenvalue weighted by atomic mass is 16.5. The van der Waals surface area contributed by atoms with Crippen molar-refractivity contribution in [3.8, 4) is 34.1 Å². The van der Waals surface area contributed by atoms with E-state index < -0.39 is 0 Å². The standard InChI is InChI=1S/C15H9NO4.C4H9N/c17-7-16-6-10-9-5-8(18)1-3-12(9)20-13-4-2-11(19)15(16)14(10)13;1-2-4-5-3-1/h1-7,18-19H;5H,1-4H2. The summed E-state index contributed by atoms with van der Waals surface area (Å²) in [6.45, 7) is 2.50. The van der Waals surface area contributed by atoms with Gasteiger partial charge in [0, 0.05) is 17.3 Å². The van der Waals surface area contributed by atoms with Crippen molar-refractivity contribution in [2.75, 3.05) is 13.1 Å². The lowest BCUT2D eigenvalue weighted by Gasteiger charge is -2.18. The molecule has 0 radical (unpaired) electrons. The molecule has 6 heteroatoms. The second-order valence-electron chi connectivity index (χ2n) is 6.10. The quantitative estimate of drug-likeness (QED) is 0.464. The zero-order valence-corrected chi connectivity index (χ0v) is 13.5. The lowest BCUT2D eigenvalue weighted by atomic mass is 10.00. The molecular weight excluding hydrogens is 320 g/mol. The number of carbonyl (C=O) groups is 1. The second-order valence-corrected chi connectivity index (χ2v) is 6.10. The van der Waals surface area contributed by atoms with E-state index in [0.717, 1.165) is 5.56 Å². The van der Waals surface area contributed by atoms with Gasteiger partial charge in [0.1, 0.15) is 28.5 Å². The van der Waals surface area contributed by atoms with Gasteiger partial charge in [0.2, 0.25) is 6.41 Å². The van der Waals surface area contributed by atoms with E-state index in [9.17, 15) is 15.0 Å². The predicted molar refractivity (Wildman–Crippen MR) is 95.0 cm³/mol. The van der Waals surface area contributed by atoms with Gasteiger partial charge in [-0.25, -0.2) is 0 Å². The molecule has 0 amide bonds. The maximum atomic E-state index is 11.2. The van der Waals surface area contributed by atoms with Crippen LogP contribution in [0.2, 0.25) is 0 Å². The molecule has 2 aliphatic heterocycles. The molecular formula is C19H18N2O4. The molecule has 2 aromatic carbocycles. The summed E-state index contributed by atoms with van der Waals surface area (Å²) in [5, 5.41) is 23.5. The van der Waals surface area contributed by atoms with Crippen LogP contribution >= 0.6 is 0 Å². The molecule has 25 heavy (non-hydrogen) atoms. The fraction of sp³-hybridized carbons (Fsp3) is 0.211. The molecule has 3 aromatic rings. The molecule has 0 unspecified atom stereocenters. The van der Waals surface area contributed by atoms with Gasteiger partial charge in [0.05, 0.1) is 5.39 Å². The van der Waals surface area contributed by atoms with E-state index in [1.54, 1.807) is 24.4 Å². The zero-order valence-electron chi connectivity index (χ0n) is 13.5. The number of nitrogens with one attached hydrogen (secondary N) is 1. The molecule has 1 fully saturated rings. The molecule has 0 spiro atoms. The first-order valence-corrected chi connectivity index (χ1v) is 8.23. The van der Waals surface area contributed by atoms with Crippen LogP contribution in [0.15, 0.2) is 36.5 Å². The van der Waals surface area contributed by atoms with E-state index in [2.05, 4.69) is 5.32 Å². The van der Waals surface area contributed by atoms with Crippen LogP contribution in [0.4, 0.5) is 0 Å².